The number of aryl methyl sites for hydroxylation is 1. The van der Waals surface area contributed by atoms with Crippen molar-refractivity contribution in [2.75, 3.05) is 17.7 Å². The summed E-state index contributed by atoms with van der Waals surface area (Å²) in [7, 11) is 1.61. The van der Waals surface area contributed by atoms with Crippen LogP contribution in [0.2, 0.25) is 0 Å². The quantitative estimate of drug-likeness (QED) is 0.642. The Kier molecular flexibility index (Phi) is 3.60. The van der Waals surface area contributed by atoms with Gasteiger partial charge in [0.2, 0.25) is 0 Å². The van der Waals surface area contributed by atoms with Gasteiger partial charge >= 0.3 is 6.01 Å². The number of benzene rings is 1. The molecule has 0 saturated heterocycles. The van der Waals surface area contributed by atoms with Crippen molar-refractivity contribution >= 4 is 23.3 Å². The van der Waals surface area contributed by atoms with Gasteiger partial charge in [-0.1, -0.05) is 5.16 Å². The van der Waals surface area contributed by atoms with E-state index < -0.39 is 10.8 Å². The van der Waals surface area contributed by atoms with Crippen LogP contribution in [0.3, 0.4) is 0 Å². The molecule has 1 heterocycles. The molecule has 0 fully saturated rings. The molecule has 0 bridgehead atoms. The number of amides is 1. The minimum Gasteiger partial charge on any atom is -0.387 e. The van der Waals surface area contributed by atoms with Crippen LogP contribution < -0.4 is 10.6 Å². The number of nitrogens with zero attached hydrogens (tertiary/aromatic N) is 3. The van der Waals surface area contributed by atoms with Gasteiger partial charge in [0.25, 0.3) is 11.6 Å². The molecule has 2 N–H and O–H groups in total. The minimum atomic E-state index is -0.582. The van der Waals surface area contributed by atoms with E-state index >= 15 is 0 Å². The van der Waals surface area contributed by atoms with Crippen molar-refractivity contribution in [3.8, 4) is 0 Å². The molecule has 0 aliphatic heterocycles. The molecule has 9 heteroatoms. The standard InChI is InChI=1S/C11H11N5O4/c1-6-13-11(20-15-6)14-10(17)8-5-7(16(18)19)3-4-9(8)12-2/h3-5,12H,1-2H3,(H,13,14,15,17). The Morgan fingerprint density at radius 2 is 2.20 bits per heavy atom. The monoisotopic (exact) mass is 277 g/mol. The van der Waals surface area contributed by atoms with Crippen molar-refractivity contribution in [1.29, 1.82) is 0 Å². The summed E-state index contributed by atoms with van der Waals surface area (Å²) in [5.74, 6) is -0.213. The number of non-ortho nitro benzene ring substituents is 1. The maximum Gasteiger partial charge on any atom is 0.328 e. The lowest BCUT2D eigenvalue weighted by Gasteiger charge is -2.07. The number of nitrogens with one attached hydrogen (secondary N) is 2. The normalized spacial score (nSPS) is 10.1. The molecule has 0 aliphatic carbocycles. The van der Waals surface area contributed by atoms with Gasteiger partial charge in [0.05, 0.1) is 10.5 Å². The first-order valence-electron chi connectivity index (χ1n) is 5.59. The summed E-state index contributed by atoms with van der Waals surface area (Å²) in [5.41, 5.74) is 0.373. The number of nitro groups is 1. The number of anilines is 2. The van der Waals surface area contributed by atoms with E-state index in [0.717, 1.165) is 0 Å². The van der Waals surface area contributed by atoms with Crippen molar-refractivity contribution in [2.45, 2.75) is 6.92 Å². The number of hydrogen-bond donors (Lipinski definition) is 2. The largest absolute Gasteiger partial charge is 0.387 e. The molecule has 9 nitrogen and oxygen atoms in total. The molecule has 104 valence electrons. The van der Waals surface area contributed by atoms with Gasteiger partial charge in [-0.05, 0) is 13.0 Å². The van der Waals surface area contributed by atoms with E-state index in [4.69, 9.17) is 4.52 Å². The first kappa shape index (κ1) is 13.5. The molecule has 0 aliphatic rings. The molecule has 0 radical (unpaired) electrons. The van der Waals surface area contributed by atoms with E-state index in [9.17, 15) is 14.9 Å². The number of aromatic nitrogens is 2. The lowest BCUT2D eigenvalue weighted by molar-refractivity contribution is -0.384. The zero-order valence-corrected chi connectivity index (χ0v) is 10.7. The van der Waals surface area contributed by atoms with Crippen LogP contribution in [0.4, 0.5) is 17.4 Å². The average Bonchev–Trinajstić information content (AvgIpc) is 2.83. The summed E-state index contributed by atoms with van der Waals surface area (Å²) < 4.78 is 4.76. The van der Waals surface area contributed by atoms with Crippen molar-refractivity contribution in [2.24, 2.45) is 0 Å². The zero-order chi connectivity index (χ0) is 14.7. The maximum atomic E-state index is 12.1. The molecule has 20 heavy (non-hydrogen) atoms. The Morgan fingerprint density at radius 3 is 2.75 bits per heavy atom. The van der Waals surface area contributed by atoms with E-state index in [0.29, 0.717) is 11.5 Å². The van der Waals surface area contributed by atoms with Gasteiger partial charge in [0.1, 0.15) is 0 Å². The lowest BCUT2D eigenvalue weighted by atomic mass is 10.1. The third kappa shape index (κ3) is 2.71. The van der Waals surface area contributed by atoms with Gasteiger partial charge in [0, 0.05) is 24.9 Å². The van der Waals surface area contributed by atoms with Crippen LogP contribution in [0, 0.1) is 17.0 Å². The van der Waals surface area contributed by atoms with Crippen molar-refractivity contribution < 1.29 is 14.2 Å². The SMILES string of the molecule is CNc1ccc([N+](=O)[O-])cc1C(=O)Nc1nc(C)no1. The van der Waals surface area contributed by atoms with Gasteiger partial charge in [0.15, 0.2) is 5.82 Å². The molecule has 1 amide bonds. The molecule has 2 aromatic rings. The number of hydrogen-bond acceptors (Lipinski definition) is 7. The van der Waals surface area contributed by atoms with Crippen molar-refractivity contribution in [3.05, 3.63) is 39.7 Å². The summed E-state index contributed by atoms with van der Waals surface area (Å²) in [6, 6.07) is 3.86. The highest BCUT2D eigenvalue weighted by Crippen LogP contribution is 2.22. The third-order valence-electron chi connectivity index (χ3n) is 2.48. The van der Waals surface area contributed by atoms with Gasteiger partial charge in [-0.15, -0.1) is 0 Å². The van der Waals surface area contributed by atoms with Gasteiger partial charge in [-0.3, -0.25) is 20.2 Å². The first-order valence-corrected chi connectivity index (χ1v) is 5.59. The van der Waals surface area contributed by atoms with Crippen LogP contribution >= 0.6 is 0 Å². The van der Waals surface area contributed by atoms with Crippen LogP contribution in [0.15, 0.2) is 22.7 Å². The first-order chi connectivity index (χ1) is 9.51. The number of rotatable bonds is 4. The predicted octanol–water partition coefficient (Wildman–Crippen LogP) is 1.58. The van der Waals surface area contributed by atoms with Gasteiger partial charge in [-0.2, -0.15) is 4.98 Å². The molecule has 0 saturated carbocycles. The fourth-order valence-electron chi connectivity index (χ4n) is 1.56. The molecule has 1 aromatic carbocycles. The highest BCUT2D eigenvalue weighted by Gasteiger charge is 2.18. The fourth-order valence-corrected chi connectivity index (χ4v) is 1.56. The molecular weight excluding hydrogens is 266 g/mol. The van der Waals surface area contributed by atoms with Crippen LogP contribution in [-0.4, -0.2) is 28.0 Å². The van der Waals surface area contributed by atoms with Crippen LogP contribution in [0.25, 0.3) is 0 Å². The predicted molar refractivity (Wildman–Crippen MR) is 69.6 cm³/mol. The molecular formula is C11H11N5O4. The second-order valence-corrected chi connectivity index (χ2v) is 3.84. The Balaban J connectivity index is 2.32. The van der Waals surface area contributed by atoms with Gasteiger partial charge < -0.3 is 9.84 Å². The summed E-state index contributed by atoms with van der Waals surface area (Å²) in [6.45, 7) is 1.60. The Labute approximate surface area is 113 Å². The molecule has 2 rings (SSSR count). The average molecular weight is 277 g/mol. The van der Waals surface area contributed by atoms with E-state index in [1.807, 2.05) is 0 Å². The van der Waals surface area contributed by atoms with Crippen LogP contribution in [0.5, 0.6) is 0 Å². The number of nitro benzene ring substituents is 1. The van der Waals surface area contributed by atoms with Crippen LogP contribution in [0.1, 0.15) is 16.2 Å². The second-order valence-electron chi connectivity index (χ2n) is 3.84. The highest BCUT2D eigenvalue weighted by molar-refractivity contribution is 6.07. The Bertz CT molecular complexity index is 667. The van der Waals surface area contributed by atoms with Crippen molar-refractivity contribution in [1.82, 2.24) is 10.1 Å². The second kappa shape index (κ2) is 5.34. The summed E-state index contributed by atoms with van der Waals surface area (Å²) >= 11 is 0. The minimum absolute atomic E-state index is 0.0685. The smallest absolute Gasteiger partial charge is 0.328 e. The molecule has 0 atom stereocenters. The summed E-state index contributed by atoms with van der Waals surface area (Å²) in [6.07, 6.45) is 0. The lowest BCUT2D eigenvalue weighted by Crippen LogP contribution is -2.14. The molecule has 0 unspecified atom stereocenters. The van der Waals surface area contributed by atoms with E-state index in [2.05, 4.69) is 20.8 Å². The Morgan fingerprint density at radius 1 is 1.45 bits per heavy atom. The molecule has 0 spiro atoms. The van der Waals surface area contributed by atoms with E-state index in [1.165, 1.54) is 18.2 Å². The Hall–Kier alpha value is -2.97. The van der Waals surface area contributed by atoms with Crippen molar-refractivity contribution in [3.63, 3.8) is 0 Å². The van der Waals surface area contributed by atoms with E-state index in [1.54, 1.807) is 14.0 Å². The van der Waals surface area contributed by atoms with E-state index in [-0.39, 0.29) is 17.3 Å². The molecule has 1 aromatic heterocycles. The number of carbonyl (C=O) groups is 1. The fraction of sp³-hybridized carbons (Fsp3) is 0.182. The van der Waals surface area contributed by atoms with Gasteiger partial charge in [-0.25, -0.2) is 0 Å². The highest BCUT2D eigenvalue weighted by atomic mass is 16.6. The number of carbonyl (C=O) groups excluding carboxylic acids is 1. The summed E-state index contributed by atoms with van der Waals surface area (Å²) in [4.78, 5) is 26.1. The van der Waals surface area contributed by atoms with Crippen LogP contribution in [-0.2, 0) is 0 Å². The maximum absolute atomic E-state index is 12.1. The summed E-state index contributed by atoms with van der Waals surface area (Å²) in [5, 5.41) is 19.4. The third-order valence-corrected chi connectivity index (χ3v) is 2.48. The topological polar surface area (TPSA) is 123 Å². The zero-order valence-electron chi connectivity index (χ0n) is 10.7.